The summed E-state index contributed by atoms with van der Waals surface area (Å²) in [4.78, 5) is 6.94. The van der Waals surface area contributed by atoms with Gasteiger partial charge >= 0.3 is 0 Å². The fourth-order valence-corrected chi connectivity index (χ4v) is 2.83. The van der Waals surface area contributed by atoms with E-state index >= 15 is 0 Å². The van der Waals surface area contributed by atoms with Gasteiger partial charge in [0.2, 0.25) is 0 Å². The molecule has 0 radical (unpaired) electrons. The van der Waals surface area contributed by atoms with Gasteiger partial charge in [-0.05, 0) is 22.8 Å². The Labute approximate surface area is 134 Å². The number of hydrogen-bond acceptors (Lipinski definition) is 5. The maximum atomic E-state index is 9.88. The van der Waals surface area contributed by atoms with E-state index in [-0.39, 0.29) is 19.0 Å². The molecule has 1 aromatic heterocycles. The van der Waals surface area contributed by atoms with Crippen LogP contribution in [0.25, 0.3) is 21.5 Å². The lowest BCUT2D eigenvalue weighted by Crippen LogP contribution is -2.24. The van der Waals surface area contributed by atoms with Crippen LogP contribution in [0.2, 0.25) is 10.0 Å². The molecule has 3 atom stereocenters. The molecule has 2 N–H and O–H groups in total. The normalized spacial score (nSPS) is 24.6. The van der Waals surface area contributed by atoms with Crippen LogP contribution >= 0.6 is 23.2 Å². The van der Waals surface area contributed by atoms with E-state index in [1.165, 1.54) is 4.57 Å². The first kappa shape index (κ1) is 15.4. The number of imidazole rings is 1. The highest BCUT2D eigenvalue weighted by Crippen LogP contribution is 2.37. The number of aliphatic hydroxyl groups excluding tert-OH is 2. The van der Waals surface area contributed by atoms with Gasteiger partial charge in [-0.25, -0.2) is 4.98 Å². The van der Waals surface area contributed by atoms with Crippen molar-refractivity contribution in [1.82, 2.24) is 9.55 Å². The van der Waals surface area contributed by atoms with Crippen molar-refractivity contribution in [2.45, 2.75) is 24.9 Å². The van der Waals surface area contributed by atoms with E-state index in [0.29, 0.717) is 21.1 Å². The van der Waals surface area contributed by atoms with Crippen molar-refractivity contribution >= 4 is 40.2 Å². The molecule has 8 nitrogen and oxygen atoms in total. The predicted octanol–water partition coefficient (Wildman–Crippen LogP) is 2.93. The van der Waals surface area contributed by atoms with Gasteiger partial charge in [-0.2, -0.15) is 0 Å². The second-order valence-corrected chi connectivity index (χ2v) is 5.66. The maximum Gasteiger partial charge on any atom is 0.200 e. The molecule has 0 saturated carbocycles. The van der Waals surface area contributed by atoms with Crippen molar-refractivity contribution < 1.29 is 14.9 Å². The van der Waals surface area contributed by atoms with E-state index < -0.39 is 18.4 Å². The van der Waals surface area contributed by atoms with Crippen LogP contribution in [-0.4, -0.2) is 38.6 Å². The molecule has 1 aromatic carbocycles. The van der Waals surface area contributed by atoms with Crippen molar-refractivity contribution in [3.05, 3.63) is 32.6 Å². The van der Waals surface area contributed by atoms with Crippen LogP contribution < -0.4 is 0 Å². The van der Waals surface area contributed by atoms with Crippen LogP contribution in [0.5, 0.6) is 0 Å². The third kappa shape index (κ3) is 2.50. The van der Waals surface area contributed by atoms with E-state index in [1.807, 2.05) is 0 Å². The van der Waals surface area contributed by atoms with Gasteiger partial charge in [0.1, 0.15) is 12.3 Å². The molecule has 0 amide bonds. The van der Waals surface area contributed by atoms with Crippen LogP contribution in [0.1, 0.15) is 12.6 Å². The van der Waals surface area contributed by atoms with Gasteiger partial charge in [0, 0.05) is 11.3 Å². The van der Waals surface area contributed by atoms with Crippen molar-refractivity contribution in [3.8, 4) is 0 Å². The molecule has 2 heterocycles. The summed E-state index contributed by atoms with van der Waals surface area (Å²) in [6.07, 6.45) is -1.93. The van der Waals surface area contributed by atoms with Gasteiger partial charge in [0.25, 0.3) is 0 Å². The smallest absolute Gasteiger partial charge is 0.200 e. The van der Waals surface area contributed by atoms with Crippen molar-refractivity contribution in [1.29, 1.82) is 0 Å². The highest BCUT2D eigenvalue weighted by atomic mass is 35.5. The summed E-state index contributed by atoms with van der Waals surface area (Å²) >= 11 is 12.0. The monoisotopic (exact) mass is 343 g/mol. The fraction of sp³-hybridized carbons (Fsp3) is 0.417. The molecule has 1 saturated heterocycles. The number of hydrogen-bond donors (Lipinski definition) is 2. The van der Waals surface area contributed by atoms with Gasteiger partial charge < -0.3 is 14.9 Å². The SMILES string of the molecule is [N-]=[N+]=Nc1nc2cc(Cl)c(Cl)cc2n1C1CC(O)C(CO)O1. The predicted molar refractivity (Wildman–Crippen MR) is 80.2 cm³/mol. The molecule has 3 rings (SSSR count). The largest absolute Gasteiger partial charge is 0.394 e. The first-order valence-electron chi connectivity index (χ1n) is 6.41. The molecule has 116 valence electrons. The van der Waals surface area contributed by atoms with E-state index in [0.717, 1.165) is 0 Å². The van der Waals surface area contributed by atoms with Crippen LogP contribution in [0.3, 0.4) is 0 Å². The minimum atomic E-state index is -0.825. The average molecular weight is 344 g/mol. The molecule has 0 bridgehead atoms. The summed E-state index contributed by atoms with van der Waals surface area (Å²) in [7, 11) is 0. The Morgan fingerprint density at radius 3 is 2.82 bits per heavy atom. The summed E-state index contributed by atoms with van der Waals surface area (Å²) in [5.74, 6) is 0.0756. The summed E-state index contributed by atoms with van der Waals surface area (Å²) in [5, 5.41) is 23.3. The van der Waals surface area contributed by atoms with Crippen LogP contribution in [-0.2, 0) is 4.74 Å². The lowest BCUT2D eigenvalue weighted by atomic mass is 10.2. The van der Waals surface area contributed by atoms with Crippen molar-refractivity contribution in [2.75, 3.05) is 6.61 Å². The maximum absolute atomic E-state index is 9.88. The van der Waals surface area contributed by atoms with Crippen LogP contribution in [0.4, 0.5) is 5.95 Å². The van der Waals surface area contributed by atoms with E-state index in [2.05, 4.69) is 15.0 Å². The first-order chi connectivity index (χ1) is 10.5. The second-order valence-electron chi connectivity index (χ2n) is 4.84. The van der Waals surface area contributed by atoms with Gasteiger partial charge in [-0.15, -0.1) is 0 Å². The lowest BCUT2D eigenvalue weighted by Gasteiger charge is -2.15. The summed E-state index contributed by atoms with van der Waals surface area (Å²) in [6, 6.07) is 3.14. The highest BCUT2D eigenvalue weighted by Gasteiger charge is 2.36. The Morgan fingerprint density at radius 2 is 2.18 bits per heavy atom. The van der Waals surface area contributed by atoms with E-state index in [1.54, 1.807) is 12.1 Å². The number of aliphatic hydroxyl groups is 2. The minimum Gasteiger partial charge on any atom is -0.394 e. The third-order valence-corrected chi connectivity index (χ3v) is 4.24. The standard InChI is InChI=1S/C12H11Cl2N5O3/c13-5-1-7-8(2-6(5)14)19(12(16-7)17-18-15)11-3-9(21)10(4-20)22-11/h1-2,9-11,20-21H,3-4H2. The number of halogens is 2. The molecule has 1 fully saturated rings. The number of benzene rings is 1. The molecule has 3 unspecified atom stereocenters. The molecule has 1 aliphatic rings. The first-order valence-corrected chi connectivity index (χ1v) is 7.17. The summed E-state index contributed by atoms with van der Waals surface area (Å²) < 4.78 is 7.13. The molecule has 22 heavy (non-hydrogen) atoms. The Bertz CT molecular complexity index is 774. The summed E-state index contributed by atoms with van der Waals surface area (Å²) in [6.45, 7) is -0.312. The lowest BCUT2D eigenvalue weighted by molar-refractivity contribution is -0.0425. The third-order valence-electron chi connectivity index (χ3n) is 3.52. The highest BCUT2D eigenvalue weighted by molar-refractivity contribution is 6.42. The number of azide groups is 1. The van der Waals surface area contributed by atoms with Gasteiger partial charge in [-0.3, -0.25) is 4.57 Å². The second kappa shape index (κ2) is 5.92. The number of rotatable bonds is 3. The molecule has 10 heteroatoms. The zero-order valence-corrected chi connectivity index (χ0v) is 12.6. The molecule has 2 aromatic rings. The average Bonchev–Trinajstić information content (AvgIpc) is 3.00. The van der Waals surface area contributed by atoms with Gasteiger partial charge in [0.15, 0.2) is 5.95 Å². The number of ether oxygens (including phenoxy) is 1. The fourth-order valence-electron chi connectivity index (χ4n) is 2.51. The molecule has 1 aliphatic heterocycles. The van der Waals surface area contributed by atoms with E-state index in [4.69, 9.17) is 33.5 Å². The Kier molecular flexibility index (Phi) is 4.14. The molecular weight excluding hydrogens is 333 g/mol. The van der Waals surface area contributed by atoms with Gasteiger partial charge in [-0.1, -0.05) is 23.2 Å². The number of fused-ring (bicyclic) bond motifs is 1. The molecule has 0 aliphatic carbocycles. The van der Waals surface area contributed by atoms with E-state index in [9.17, 15) is 10.2 Å². The Hall–Kier alpha value is -1.54. The van der Waals surface area contributed by atoms with Crippen LogP contribution in [0.15, 0.2) is 17.2 Å². The zero-order valence-electron chi connectivity index (χ0n) is 11.1. The minimum absolute atomic E-state index is 0.0756. The number of nitrogens with zero attached hydrogens (tertiary/aromatic N) is 5. The Balaban J connectivity index is 2.16. The quantitative estimate of drug-likeness (QED) is 0.506. The Morgan fingerprint density at radius 1 is 1.45 bits per heavy atom. The molecular formula is C12H11Cl2N5O3. The zero-order chi connectivity index (χ0) is 15.9. The van der Waals surface area contributed by atoms with Crippen LogP contribution in [0, 0.1) is 0 Å². The van der Waals surface area contributed by atoms with Crippen molar-refractivity contribution in [3.63, 3.8) is 0 Å². The van der Waals surface area contributed by atoms with Gasteiger partial charge in [0.05, 0.1) is 33.8 Å². The topological polar surface area (TPSA) is 116 Å². The summed E-state index contributed by atoms with van der Waals surface area (Å²) in [5.41, 5.74) is 9.74. The van der Waals surface area contributed by atoms with Crippen molar-refractivity contribution in [2.24, 2.45) is 5.11 Å². The molecule has 0 spiro atoms. The number of aromatic nitrogens is 2.